The number of allylic oxidation sites excluding steroid dienone is 2. The first-order valence-electron chi connectivity index (χ1n) is 5.25. The molecule has 0 spiro atoms. The highest BCUT2D eigenvalue weighted by Gasteiger charge is 2.48. The summed E-state index contributed by atoms with van der Waals surface area (Å²) in [4.78, 5) is 1.68. The lowest BCUT2D eigenvalue weighted by atomic mass is 9.73. The number of hydrogen-bond acceptors (Lipinski definition) is 1. The van der Waals surface area contributed by atoms with Crippen LogP contribution in [0.1, 0.15) is 33.1 Å². The summed E-state index contributed by atoms with van der Waals surface area (Å²) in [6, 6.07) is 0. The molecule has 3 rings (SSSR count). The minimum atomic E-state index is 0.902. The fraction of sp³-hybridized carbons (Fsp3) is 0.818. The Kier molecular flexibility index (Phi) is 3.29. The molecule has 0 nitrogen and oxygen atoms in total. The quantitative estimate of drug-likeness (QED) is 0.555. The van der Waals surface area contributed by atoms with Gasteiger partial charge in [0.2, 0.25) is 0 Å². The van der Waals surface area contributed by atoms with Crippen molar-refractivity contribution in [1.82, 2.24) is 0 Å². The predicted molar refractivity (Wildman–Crippen MR) is 69.4 cm³/mol. The van der Waals surface area contributed by atoms with Crippen LogP contribution in [0.15, 0.2) is 11.0 Å². The van der Waals surface area contributed by atoms with Gasteiger partial charge in [-0.1, -0.05) is 48.9 Å². The first-order valence-corrected chi connectivity index (χ1v) is 7.38. The molecule has 1 aliphatic carbocycles. The van der Waals surface area contributed by atoms with Crippen molar-refractivity contribution in [1.29, 1.82) is 0 Å². The molecule has 3 aliphatic rings. The molecule has 13 heavy (non-hydrogen) atoms. The van der Waals surface area contributed by atoms with Crippen molar-refractivity contribution in [2.45, 2.75) is 42.3 Å². The Morgan fingerprint density at radius 1 is 1.54 bits per heavy atom. The van der Waals surface area contributed by atoms with Gasteiger partial charge in [-0.15, -0.1) is 11.8 Å². The third kappa shape index (κ3) is 1.81. The van der Waals surface area contributed by atoms with E-state index in [1.54, 1.807) is 4.91 Å². The van der Waals surface area contributed by atoms with Crippen molar-refractivity contribution >= 4 is 34.4 Å². The van der Waals surface area contributed by atoms with Crippen molar-refractivity contribution in [3.63, 3.8) is 0 Å². The number of halogens is 1. The van der Waals surface area contributed by atoms with Crippen LogP contribution < -0.4 is 0 Å². The van der Waals surface area contributed by atoms with Crippen LogP contribution in [0.25, 0.3) is 0 Å². The van der Waals surface area contributed by atoms with Crippen LogP contribution in [-0.4, -0.2) is 9.17 Å². The summed E-state index contributed by atoms with van der Waals surface area (Å²) in [7, 11) is 0. The molecule has 0 amide bonds. The van der Waals surface area contributed by atoms with Gasteiger partial charge >= 0.3 is 0 Å². The maximum absolute atomic E-state index is 2.63. The van der Waals surface area contributed by atoms with Gasteiger partial charge in [-0.2, -0.15) is 0 Å². The third-order valence-corrected chi connectivity index (χ3v) is 6.98. The van der Waals surface area contributed by atoms with Crippen molar-refractivity contribution in [3.05, 3.63) is 11.0 Å². The van der Waals surface area contributed by atoms with E-state index in [2.05, 4.69) is 54.3 Å². The lowest BCUT2D eigenvalue weighted by Crippen LogP contribution is -2.50. The molecular formula is C11H17IS. The van der Waals surface area contributed by atoms with Crippen LogP contribution >= 0.6 is 34.4 Å². The van der Waals surface area contributed by atoms with Crippen molar-refractivity contribution < 1.29 is 0 Å². The molecule has 0 aromatic carbocycles. The lowest BCUT2D eigenvalue weighted by molar-refractivity contribution is 0.285. The first kappa shape index (κ1) is 10.3. The van der Waals surface area contributed by atoms with Gasteiger partial charge in [0.1, 0.15) is 0 Å². The Labute approximate surface area is 99.1 Å². The number of thioether (sulfide) groups is 1. The second-order valence-electron chi connectivity index (χ2n) is 4.20. The van der Waals surface area contributed by atoms with E-state index in [0.717, 1.165) is 21.0 Å². The normalized spacial score (nSPS) is 42.5. The molecular weight excluding hydrogens is 291 g/mol. The zero-order valence-electron chi connectivity index (χ0n) is 8.29. The van der Waals surface area contributed by atoms with Crippen LogP contribution in [0.2, 0.25) is 0 Å². The Bertz CT molecular complexity index is 214. The highest BCUT2D eigenvalue weighted by molar-refractivity contribution is 14.1. The fourth-order valence-electron chi connectivity index (χ4n) is 2.21. The molecule has 74 valence electrons. The average molecular weight is 308 g/mol. The maximum Gasteiger partial charge on any atom is 0.0301 e. The lowest BCUT2D eigenvalue weighted by Gasteiger charge is -2.50. The molecule has 2 heteroatoms. The van der Waals surface area contributed by atoms with Crippen LogP contribution in [-0.2, 0) is 0 Å². The second kappa shape index (κ2) is 4.13. The van der Waals surface area contributed by atoms with Gasteiger partial charge in [0, 0.05) is 9.17 Å². The summed E-state index contributed by atoms with van der Waals surface area (Å²) in [5, 5.41) is 0.933. The van der Waals surface area contributed by atoms with Crippen molar-refractivity contribution in [2.75, 3.05) is 0 Å². The third-order valence-electron chi connectivity index (χ3n) is 3.25. The molecule has 1 fully saturated rings. The highest BCUT2D eigenvalue weighted by Crippen LogP contribution is 2.55. The SMILES string of the molecule is CCCCC1=CC2C(C)C(S1)C2I. The molecule has 0 N–H and O–H groups in total. The van der Waals surface area contributed by atoms with E-state index in [4.69, 9.17) is 0 Å². The number of hydrogen-bond donors (Lipinski definition) is 0. The Hall–Kier alpha value is 0.820. The Balaban J connectivity index is 1.95. The first-order chi connectivity index (χ1) is 6.24. The van der Waals surface area contributed by atoms with Crippen LogP contribution in [0.3, 0.4) is 0 Å². The maximum atomic E-state index is 2.63. The van der Waals surface area contributed by atoms with E-state index in [-0.39, 0.29) is 0 Å². The average Bonchev–Trinajstić information content (AvgIpc) is 2.17. The molecule has 0 radical (unpaired) electrons. The standard InChI is InChI=1S/C11H17IS/c1-3-4-5-8-6-9-7(2)11(13-8)10(9)12/h6-7,9-11H,3-5H2,1-2H3. The second-order valence-corrected chi connectivity index (χ2v) is 6.94. The number of rotatable bonds is 3. The van der Waals surface area contributed by atoms with Gasteiger partial charge in [-0.05, 0) is 29.6 Å². The monoisotopic (exact) mass is 308 g/mol. The number of unbranched alkanes of at least 4 members (excludes halogenated alkanes) is 1. The molecule has 4 atom stereocenters. The molecule has 0 saturated heterocycles. The van der Waals surface area contributed by atoms with E-state index in [1.165, 1.54) is 19.3 Å². The van der Waals surface area contributed by atoms with E-state index in [9.17, 15) is 0 Å². The summed E-state index contributed by atoms with van der Waals surface area (Å²) >= 11 is 4.79. The van der Waals surface area contributed by atoms with Crippen LogP contribution in [0.4, 0.5) is 0 Å². The van der Waals surface area contributed by atoms with Gasteiger partial charge < -0.3 is 0 Å². The Morgan fingerprint density at radius 2 is 2.31 bits per heavy atom. The smallest absolute Gasteiger partial charge is 0.0301 e. The summed E-state index contributed by atoms with van der Waals surface area (Å²) in [5.41, 5.74) is 0. The molecule has 0 aromatic heterocycles. The van der Waals surface area contributed by atoms with Gasteiger partial charge in [0.15, 0.2) is 0 Å². The van der Waals surface area contributed by atoms with Gasteiger partial charge in [0.05, 0.1) is 0 Å². The van der Waals surface area contributed by atoms with Gasteiger partial charge in [-0.3, -0.25) is 0 Å². The topological polar surface area (TPSA) is 0 Å². The van der Waals surface area contributed by atoms with E-state index >= 15 is 0 Å². The Morgan fingerprint density at radius 3 is 2.77 bits per heavy atom. The number of alkyl halides is 1. The largest absolute Gasteiger partial charge is 0.126 e. The molecule has 2 heterocycles. The van der Waals surface area contributed by atoms with E-state index in [1.807, 2.05) is 0 Å². The van der Waals surface area contributed by atoms with Gasteiger partial charge in [-0.25, -0.2) is 0 Å². The number of fused-ring (bicyclic) bond motifs is 1. The summed E-state index contributed by atoms with van der Waals surface area (Å²) in [5.74, 6) is 1.84. The molecule has 2 aliphatic heterocycles. The highest BCUT2D eigenvalue weighted by atomic mass is 127. The van der Waals surface area contributed by atoms with Crippen LogP contribution in [0, 0.1) is 11.8 Å². The van der Waals surface area contributed by atoms with E-state index < -0.39 is 0 Å². The zero-order chi connectivity index (χ0) is 9.42. The van der Waals surface area contributed by atoms with Crippen molar-refractivity contribution in [2.24, 2.45) is 11.8 Å². The van der Waals surface area contributed by atoms with Gasteiger partial charge in [0.25, 0.3) is 0 Å². The molecule has 2 bridgehead atoms. The summed E-state index contributed by atoms with van der Waals surface area (Å²) < 4.78 is 0.919. The van der Waals surface area contributed by atoms with E-state index in [0.29, 0.717) is 0 Å². The predicted octanol–water partition coefficient (Wildman–Crippen LogP) is 4.25. The minimum absolute atomic E-state index is 0.902. The fourth-order valence-corrected chi connectivity index (χ4v) is 5.72. The molecule has 0 aromatic rings. The summed E-state index contributed by atoms with van der Waals surface area (Å²) in [6.45, 7) is 4.68. The van der Waals surface area contributed by atoms with Crippen LogP contribution in [0.5, 0.6) is 0 Å². The molecule has 4 unspecified atom stereocenters. The zero-order valence-corrected chi connectivity index (χ0v) is 11.3. The summed E-state index contributed by atoms with van der Waals surface area (Å²) in [6.07, 6.45) is 6.60. The molecule has 1 saturated carbocycles. The minimum Gasteiger partial charge on any atom is -0.126 e. The van der Waals surface area contributed by atoms with Crippen molar-refractivity contribution in [3.8, 4) is 0 Å².